The molecule has 6 heteroatoms. The van der Waals surface area contributed by atoms with Crippen LogP contribution >= 0.6 is 0 Å². The van der Waals surface area contributed by atoms with Gasteiger partial charge >= 0.3 is 5.97 Å². The Morgan fingerprint density at radius 1 is 1.06 bits per heavy atom. The first-order chi connectivity index (χ1) is 15.0. The fraction of sp³-hybridized carbons (Fsp3) is 0.200. The molecule has 0 aliphatic rings. The zero-order chi connectivity index (χ0) is 21.8. The normalized spacial score (nSPS) is 12.1. The molecular weight excluding hydrogens is 392 g/mol. The molecule has 1 heterocycles. The van der Waals surface area contributed by atoms with E-state index in [1.165, 1.54) is 0 Å². The van der Waals surface area contributed by atoms with Crippen molar-refractivity contribution < 1.29 is 19.1 Å². The van der Waals surface area contributed by atoms with E-state index >= 15 is 0 Å². The van der Waals surface area contributed by atoms with Crippen molar-refractivity contribution >= 4 is 16.7 Å². The molecule has 0 bridgehead atoms. The second-order valence-corrected chi connectivity index (χ2v) is 7.40. The summed E-state index contributed by atoms with van der Waals surface area (Å²) in [5.74, 6) is 1.12. The topological polar surface area (TPSA) is 98.6 Å². The van der Waals surface area contributed by atoms with Crippen molar-refractivity contribution in [3.05, 3.63) is 83.7 Å². The summed E-state index contributed by atoms with van der Waals surface area (Å²) < 4.78 is 11.9. The maximum atomic E-state index is 11.1. The Hall–Kier alpha value is -3.64. The molecule has 31 heavy (non-hydrogen) atoms. The fourth-order valence-electron chi connectivity index (χ4n) is 3.58. The first-order valence-corrected chi connectivity index (χ1v) is 10.2. The van der Waals surface area contributed by atoms with Crippen LogP contribution in [0.4, 0.5) is 0 Å². The highest BCUT2D eigenvalue weighted by atomic mass is 16.5. The van der Waals surface area contributed by atoms with Crippen LogP contribution in [0.5, 0.6) is 5.75 Å². The Labute approximate surface area is 180 Å². The molecule has 3 aromatic carbocycles. The largest absolute Gasteiger partial charge is 0.493 e. The molecule has 0 aliphatic heterocycles. The molecule has 158 valence electrons. The maximum absolute atomic E-state index is 11.1. The van der Waals surface area contributed by atoms with Gasteiger partial charge in [-0.2, -0.15) is 0 Å². The van der Waals surface area contributed by atoms with Crippen molar-refractivity contribution in [2.24, 2.45) is 5.73 Å². The highest BCUT2D eigenvalue weighted by molar-refractivity contribution is 5.91. The van der Waals surface area contributed by atoms with Crippen molar-refractivity contribution in [1.29, 1.82) is 0 Å². The highest BCUT2D eigenvalue weighted by Gasteiger charge is 2.16. The van der Waals surface area contributed by atoms with Crippen LogP contribution in [0, 0.1) is 6.92 Å². The number of nitrogens with two attached hydrogens (primary N) is 1. The summed E-state index contributed by atoms with van der Waals surface area (Å²) in [4.78, 5) is 15.8. The molecular formula is C25H24N2O4. The quantitative estimate of drug-likeness (QED) is 0.442. The van der Waals surface area contributed by atoms with Gasteiger partial charge in [-0.25, -0.2) is 4.98 Å². The fourth-order valence-corrected chi connectivity index (χ4v) is 3.58. The maximum Gasteiger partial charge on any atom is 0.320 e. The van der Waals surface area contributed by atoms with Gasteiger partial charge in [-0.15, -0.1) is 0 Å². The number of benzene rings is 3. The number of aryl methyl sites for hydroxylation is 1. The lowest BCUT2D eigenvalue weighted by molar-refractivity contribution is -0.138. The summed E-state index contributed by atoms with van der Waals surface area (Å²) >= 11 is 0. The summed E-state index contributed by atoms with van der Waals surface area (Å²) in [6.07, 6.45) is 0.874. The van der Waals surface area contributed by atoms with Crippen LogP contribution in [0.25, 0.3) is 22.2 Å². The van der Waals surface area contributed by atoms with Gasteiger partial charge in [0.25, 0.3) is 0 Å². The summed E-state index contributed by atoms with van der Waals surface area (Å²) in [7, 11) is 0. The van der Waals surface area contributed by atoms with Crippen LogP contribution in [0.15, 0.2) is 71.1 Å². The van der Waals surface area contributed by atoms with Crippen LogP contribution in [-0.4, -0.2) is 28.7 Å². The van der Waals surface area contributed by atoms with Crippen molar-refractivity contribution in [3.8, 4) is 17.2 Å². The van der Waals surface area contributed by atoms with E-state index in [0.29, 0.717) is 18.9 Å². The smallest absolute Gasteiger partial charge is 0.320 e. The molecule has 0 fully saturated rings. The molecule has 0 radical (unpaired) electrons. The number of rotatable bonds is 8. The molecule has 6 nitrogen and oxygen atoms in total. The molecule has 1 unspecified atom stereocenters. The number of carboxylic acid groups (broad SMARTS) is 1. The minimum atomic E-state index is -1.01. The standard InChI is InChI=1S/C25H24N2O4/c1-16-22(27-24(31-16)17-7-3-2-4-8-17)13-14-30-23-12-11-18(15-21(26)25(28)29)19-9-5-6-10-20(19)23/h2-12,21H,13-15,26H2,1H3,(H,28,29). The van der Waals surface area contributed by atoms with Gasteiger partial charge in [0.15, 0.2) is 0 Å². The predicted octanol–water partition coefficient (Wildman–Crippen LogP) is 4.38. The molecule has 0 saturated carbocycles. The third kappa shape index (κ3) is 4.59. The third-order valence-electron chi connectivity index (χ3n) is 5.24. The van der Waals surface area contributed by atoms with E-state index in [-0.39, 0.29) is 6.42 Å². The predicted molar refractivity (Wildman–Crippen MR) is 119 cm³/mol. The number of ether oxygens (including phenoxy) is 1. The number of fused-ring (bicyclic) bond motifs is 1. The molecule has 0 amide bonds. The Balaban J connectivity index is 1.49. The lowest BCUT2D eigenvalue weighted by atomic mass is 9.98. The number of hydrogen-bond donors (Lipinski definition) is 2. The van der Waals surface area contributed by atoms with Crippen LogP contribution in [0.2, 0.25) is 0 Å². The van der Waals surface area contributed by atoms with Crippen LogP contribution in [-0.2, 0) is 17.6 Å². The summed E-state index contributed by atoms with van der Waals surface area (Å²) in [5, 5.41) is 11.0. The number of carbonyl (C=O) groups is 1. The number of carboxylic acids is 1. The minimum Gasteiger partial charge on any atom is -0.493 e. The molecule has 0 saturated heterocycles. The average Bonchev–Trinajstić information content (AvgIpc) is 3.16. The summed E-state index contributed by atoms with van der Waals surface area (Å²) in [6, 6.07) is 20.4. The summed E-state index contributed by atoms with van der Waals surface area (Å²) in [5.41, 5.74) is 8.43. The lowest BCUT2D eigenvalue weighted by Crippen LogP contribution is -2.32. The first-order valence-electron chi connectivity index (χ1n) is 10.2. The zero-order valence-electron chi connectivity index (χ0n) is 17.2. The summed E-state index contributed by atoms with van der Waals surface area (Å²) in [6.45, 7) is 2.35. The first kappa shape index (κ1) is 20.6. The number of oxazole rings is 1. The molecule has 4 aromatic rings. The monoisotopic (exact) mass is 416 g/mol. The van der Waals surface area contributed by atoms with Gasteiger partial charge in [-0.1, -0.05) is 48.5 Å². The van der Waals surface area contributed by atoms with Crippen molar-refractivity contribution in [2.45, 2.75) is 25.8 Å². The lowest BCUT2D eigenvalue weighted by Gasteiger charge is -2.14. The molecule has 1 aromatic heterocycles. The van der Waals surface area contributed by atoms with Crippen LogP contribution in [0.3, 0.4) is 0 Å². The molecule has 0 spiro atoms. The molecule has 1 atom stereocenters. The zero-order valence-corrected chi connectivity index (χ0v) is 17.2. The van der Waals surface area contributed by atoms with Crippen molar-refractivity contribution in [3.63, 3.8) is 0 Å². The molecule has 4 rings (SSSR count). The minimum absolute atomic E-state index is 0.260. The number of aromatic nitrogens is 1. The van der Waals surface area contributed by atoms with E-state index in [1.807, 2.05) is 73.7 Å². The van der Waals surface area contributed by atoms with Crippen LogP contribution in [0.1, 0.15) is 17.0 Å². The van der Waals surface area contributed by atoms with Gasteiger partial charge in [0.2, 0.25) is 5.89 Å². The van der Waals surface area contributed by atoms with Gasteiger partial charge in [0.1, 0.15) is 17.6 Å². The Bertz CT molecular complexity index is 1200. The average molecular weight is 416 g/mol. The number of aliphatic carboxylic acids is 1. The van der Waals surface area contributed by atoms with E-state index < -0.39 is 12.0 Å². The van der Waals surface area contributed by atoms with Gasteiger partial charge in [0, 0.05) is 17.4 Å². The second kappa shape index (κ2) is 9.02. The van der Waals surface area contributed by atoms with Gasteiger partial charge in [-0.05, 0) is 42.5 Å². The third-order valence-corrected chi connectivity index (χ3v) is 5.24. The van der Waals surface area contributed by atoms with Crippen molar-refractivity contribution in [1.82, 2.24) is 4.98 Å². The van der Waals surface area contributed by atoms with E-state index in [2.05, 4.69) is 4.98 Å². The van der Waals surface area contributed by atoms with E-state index in [4.69, 9.17) is 20.0 Å². The SMILES string of the molecule is Cc1oc(-c2ccccc2)nc1CCOc1ccc(CC(N)C(=O)O)c2ccccc12. The highest BCUT2D eigenvalue weighted by Crippen LogP contribution is 2.29. The Morgan fingerprint density at radius 2 is 1.77 bits per heavy atom. The van der Waals surface area contributed by atoms with Crippen molar-refractivity contribution in [2.75, 3.05) is 6.61 Å². The van der Waals surface area contributed by atoms with E-state index in [9.17, 15) is 4.79 Å². The van der Waals surface area contributed by atoms with E-state index in [0.717, 1.165) is 39.1 Å². The second-order valence-electron chi connectivity index (χ2n) is 7.40. The van der Waals surface area contributed by atoms with Gasteiger partial charge in [0.05, 0.1) is 12.3 Å². The number of nitrogens with zero attached hydrogens (tertiary/aromatic N) is 1. The van der Waals surface area contributed by atoms with Crippen LogP contribution < -0.4 is 10.5 Å². The molecule has 0 aliphatic carbocycles. The Kier molecular flexibility index (Phi) is 6.00. The van der Waals surface area contributed by atoms with Gasteiger partial charge < -0.3 is 20.0 Å². The Morgan fingerprint density at radius 3 is 2.52 bits per heavy atom. The number of hydrogen-bond acceptors (Lipinski definition) is 5. The van der Waals surface area contributed by atoms with Gasteiger partial charge in [-0.3, -0.25) is 4.79 Å². The molecule has 3 N–H and O–H groups in total. The van der Waals surface area contributed by atoms with E-state index in [1.54, 1.807) is 0 Å².